The minimum Gasteiger partial charge on any atom is -0.321 e. The number of thioether (sulfide) groups is 1. The van der Waals surface area contributed by atoms with Crippen molar-refractivity contribution < 1.29 is 23.7 Å². The summed E-state index contributed by atoms with van der Waals surface area (Å²) in [6.45, 7) is 1.88. The van der Waals surface area contributed by atoms with Crippen molar-refractivity contribution in [3.63, 3.8) is 0 Å². The Labute approximate surface area is 283 Å². The van der Waals surface area contributed by atoms with E-state index in [0.717, 1.165) is 5.56 Å². The van der Waals surface area contributed by atoms with E-state index in [1.807, 2.05) is 6.92 Å². The number of para-hydroxylation sites is 1. The molecule has 1 aromatic heterocycles. The molecule has 4 aromatic carbocycles. The molecule has 5 rings (SSSR count). The van der Waals surface area contributed by atoms with Crippen LogP contribution in [-0.2, 0) is 9.59 Å². The zero-order valence-corrected chi connectivity index (χ0v) is 27.0. The van der Waals surface area contributed by atoms with Gasteiger partial charge in [0.25, 0.3) is 17.5 Å². The molecule has 0 aliphatic rings. The van der Waals surface area contributed by atoms with E-state index in [-0.39, 0.29) is 28.7 Å². The molecule has 3 N–H and O–H groups in total. The lowest BCUT2D eigenvalue weighted by Gasteiger charge is -2.15. The highest BCUT2D eigenvalue weighted by atomic mass is 32.2. The van der Waals surface area contributed by atoms with E-state index in [1.54, 1.807) is 78.2 Å². The summed E-state index contributed by atoms with van der Waals surface area (Å²) in [7, 11) is 0. The molecule has 10 nitrogen and oxygen atoms in total. The third-order valence-corrected chi connectivity index (χ3v) is 8.99. The van der Waals surface area contributed by atoms with Crippen molar-refractivity contribution in [1.29, 1.82) is 0 Å². The second-order valence-corrected chi connectivity index (χ2v) is 12.4. The SMILES string of the molecule is CCC(Sc1cccc(NC(=O)/C(=C\c2ccccc2[N+](=O)[O-])NC(=O)c2ccccc2)c1)C(=O)Nc1nc(-c2ccc(F)cc2)cs1. The first kappa shape index (κ1) is 33.7. The Hall–Kier alpha value is -5.66. The molecule has 0 aliphatic carbocycles. The standard InChI is InChI=1S/C35H28FN5O5S2/c1-2-31(34(44)40-35-39-29(21-47-35)22-15-17-25(36)18-16-22)48-27-13-8-12-26(20-27)37-33(43)28(38-32(42)23-9-4-3-5-10-23)19-24-11-6-7-14-30(24)41(45)46/h3-21,31H,2H2,1H3,(H,37,43)(H,38,42)(H,39,40,44)/b28-19+. The molecule has 0 saturated carbocycles. The normalized spacial score (nSPS) is 11.8. The number of hydrogen-bond donors (Lipinski definition) is 3. The van der Waals surface area contributed by atoms with Crippen LogP contribution in [0.4, 0.5) is 20.9 Å². The summed E-state index contributed by atoms with van der Waals surface area (Å²) in [5.41, 5.74) is 1.72. The molecule has 5 aromatic rings. The molecule has 1 heterocycles. The molecule has 1 atom stereocenters. The molecule has 13 heteroatoms. The molecule has 3 amide bonds. The third-order valence-electron chi connectivity index (χ3n) is 6.87. The van der Waals surface area contributed by atoms with Crippen molar-refractivity contribution in [3.8, 4) is 11.3 Å². The Kier molecular flexibility index (Phi) is 11.1. The first-order chi connectivity index (χ1) is 23.2. The molecule has 0 aliphatic heterocycles. The minimum atomic E-state index is -0.704. The van der Waals surface area contributed by atoms with Crippen LogP contribution in [0.2, 0.25) is 0 Å². The van der Waals surface area contributed by atoms with Crippen LogP contribution in [0.25, 0.3) is 17.3 Å². The Balaban J connectivity index is 1.30. The first-order valence-corrected chi connectivity index (χ1v) is 16.4. The fraction of sp³-hybridized carbons (Fsp3) is 0.0857. The Morgan fingerprint density at radius 1 is 0.958 bits per heavy atom. The van der Waals surface area contributed by atoms with Gasteiger partial charge in [-0.05, 0) is 73.2 Å². The number of benzene rings is 4. The number of hydrogen-bond acceptors (Lipinski definition) is 8. The van der Waals surface area contributed by atoms with E-state index in [1.165, 1.54) is 59.5 Å². The van der Waals surface area contributed by atoms with Gasteiger partial charge in [0.15, 0.2) is 5.13 Å². The summed E-state index contributed by atoms with van der Waals surface area (Å²) in [4.78, 5) is 55.9. The van der Waals surface area contributed by atoms with E-state index in [4.69, 9.17) is 0 Å². The highest BCUT2D eigenvalue weighted by Crippen LogP contribution is 2.30. The van der Waals surface area contributed by atoms with E-state index in [2.05, 4.69) is 20.9 Å². The average molecular weight is 682 g/mol. The van der Waals surface area contributed by atoms with Crippen LogP contribution >= 0.6 is 23.1 Å². The van der Waals surface area contributed by atoms with E-state index >= 15 is 0 Å². The number of nitro groups is 1. The average Bonchev–Trinajstić information content (AvgIpc) is 3.56. The molecule has 0 fully saturated rings. The number of anilines is 2. The number of halogens is 1. The molecule has 242 valence electrons. The number of thiazole rings is 1. The maximum absolute atomic E-state index is 13.5. The maximum Gasteiger partial charge on any atom is 0.276 e. The topological polar surface area (TPSA) is 143 Å². The van der Waals surface area contributed by atoms with Gasteiger partial charge in [0.2, 0.25) is 5.91 Å². The first-order valence-electron chi connectivity index (χ1n) is 14.6. The summed E-state index contributed by atoms with van der Waals surface area (Å²) >= 11 is 2.56. The quantitative estimate of drug-likeness (QED) is 0.0528. The van der Waals surface area contributed by atoms with Gasteiger partial charge >= 0.3 is 0 Å². The van der Waals surface area contributed by atoms with Gasteiger partial charge in [-0.1, -0.05) is 43.3 Å². The van der Waals surface area contributed by atoms with Gasteiger partial charge in [-0.3, -0.25) is 24.5 Å². The van der Waals surface area contributed by atoms with Crippen molar-refractivity contribution in [3.05, 3.63) is 141 Å². The number of nitrogens with one attached hydrogen (secondary N) is 3. The monoisotopic (exact) mass is 681 g/mol. The number of rotatable bonds is 12. The highest BCUT2D eigenvalue weighted by Gasteiger charge is 2.21. The zero-order chi connectivity index (χ0) is 34.0. The van der Waals surface area contributed by atoms with Gasteiger partial charge in [0.05, 0.1) is 21.4 Å². The van der Waals surface area contributed by atoms with Gasteiger partial charge in [0.1, 0.15) is 11.5 Å². The number of nitrogens with zero attached hydrogens (tertiary/aromatic N) is 2. The predicted molar refractivity (Wildman–Crippen MR) is 186 cm³/mol. The fourth-order valence-corrected chi connectivity index (χ4v) is 6.21. The number of carbonyl (C=O) groups is 3. The largest absolute Gasteiger partial charge is 0.321 e. The zero-order valence-electron chi connectivity index (χ0n) is 25.4. The molecule has 1 unspecified atom stereocenters. The van der Waals surface area contributed by atoms with Crippen molar-refractivity contribution in [2.75, 3.05) is 10.6 Å². The summed E-state index contributed by atoms with van der Waals surface area (Å²) in [5.74, 6) is -1.87. The van der Waals surface area contributed by atoms with E-state index in [0.29, 0.717) is 33.4 Å². The number of amides is 3. The van der Waals surface area contributed by atoms with Crippen LogP contribution in [0.15, 0.2) is 119 Å². The molecule has 0 bridgehead atoms. The molecule has 48 heavy (non-hydrogen) atoms. The van der Waals surface area contributed by atoms with Crippen LogP contribution in [0.1, 0.15) is 29.3 Å². The Morgan fingerprint density at radius 2 is 1.69 bits per heavy atom. The number of nitro benzene ring substituents is 1. The van der Waals surface area contributed by atoms with Crippen molar-refractivity contribution >= 4 is 63.4 Å². The van der Waals surface area contributed by atoms with Crippen molar-refractivity contribution in [2.45, 2.75) is 23.5 Å². The summed E-state index contributed by atoms with van der Waals surface area (Å²) < 4.78 is 13.3. The molecule has 0 spiro atoms. The minimum absolute atomic E-state index is 0.132. The molecule has 0 saturated heterocycles. The summed E-state index contributed by atoms with van der Waals surface area (Å²) in [5, 5.41) is 21.5. The van der Waals surface area contributed by atoms with Gasteiger partial charge in [0, 0.05) is 33.2 Å². The highest BCUT2D eigenvalue weighted by molar-refractivity contribution is 8.00. The van der Waals surface area contributed by atoms with Crippen LogP contribution < -0.4 is 16.0 Å². The third kappa shape index (κ3) is 8.78. The van der Waals surface area contributed by atoms with Gasteiger partial charge in [-0.25, -0.2) is 9.37 Å². The summed E-state index contributed by atoms with van der Waals surface area (Å²) in [6, 6.07) is 26.9. The van der Waals surface area contributed by atoms with Gasteiger partial charge in [-0.15, -0.1) is 23.1 Å². The second-order valence-electron chi connectivity index (χ2n) is 10.2. The van der Waals surface area contributed by atoms with Crippen LogP contribution in [0, 0.1) is 15.9 Å². The molecular formula is C35H28FN5O5S2. The van der Waals surface area contributed by atoms with Crippen LogP contribution in [0.5, 0.6) is 0 Å². The molecule has 0 radical (unpaired) electrons. The Bertz CT molecular complexity index is 1980. The summed E-state index contributed by atoms with van der Waals surface area (Å²) in [6.07, 6.45) is 1.75. The lowest BCUT2D eigenvalue weighted by Crippen LogP contribution is -2.30. The second kappa shape index (κ2) is 15.8. The molecular weight excluding hydrogens is 654 g/mol. The van der Waals surface area contributed by atoms with Crippen LogP contribution in [-0.4, -0.2) is 32.9 Å². The van der Waals surface area contributed by atoms with E-state index < -0.39 is 22.0 Å². The lowest BCUT2D eigenvalue weighted by molar-refractivity contribution is -0.385. The predicted octanol–water partition coefficient (Wildman–Crippen LogP) is 7.78. The van der Waals surface area contributed by atoms with Crippen LogP contribution in [0.3, 0.4) is 0 Å². The van der Waals surface area contributed by atoms with Gasteiger partial charge in [-0.2, -0.15) is 0 Å². The van der Waals surface area contributed by atoms with Crippen molar-refractivity contribution in [2.24, 2.45) is 0 Å². The van der Waals surface area contributed by atoms with Gasteiger partial charge < -0.3 is 16.0 Å². The smallest absolute Gasteiger partial charge is 0.276 e. The maximum atomic E-state index is 13.5. The fourth-order valence-electron chi connectivity index (χ4n) is 4.48. The lowest BCUT2D eigenvalue weighted by atomic mass is 10.1. The Morgan fingerprint density at radius 3 is 2.42 bits per heavy atom. The number of carbonyl (C=O) groups excluding carboxylic acids is 3. The van der Waals surface area contributed by atoms with E-state index in [9.17, 15) is 28.9 Å². The number of aromatic nitrogens is 1. The van der Waals surface area contributed by atoms with Crippen molar-refractivity contribution in [1.82, 2.24) is 10.3 Å².